The number of carboxylic acids is 1. The van der Waals surface area contributed by atoms with E-state index in [1.54, 1.807) is 52.3 Å². The molecular weight excluding hydrogens is 1450 g/mol. The maximum absolute atomic E-state index is 12.2. The number of alkyl halides is 1. The fourth-order valence-electron chi connectivity index (χ4n) is 7.57. The second-order valence-electron chi connectivity index (χ2n) is 20.8. The zero-order valence-corrected chi connectivity index (χ0v) is 57.2. The van der Waals surface area contributed by atoms with Crippen molar-refractivity contribution in [3.05, 3.63) is 192 Å². The molecule has 3 N–H and O–H groups in total. The highest BCUT2D eigenvalue weighted by Gasteiger charge is 2.38. The van der Waals surface area contributed by atoms with Crippen LogP contribution in [0.2, 0.25) is 0 Å². The molecule has 0 saturated carbocycles. The summed E-state index contributed by atoms with van der Waals surface area (Å²) in [7, 11) is 0. The van der Waals surface area contributed by atoms with E-state index < -0.39 is 28.5 Å². The van der Waals surface area contributed by atoms with E-state index in [9.17, 15) is 24.4 Å². The Morgan fingerprint density at radius 2 is 1.06 bits per heavy atom. The predicted octanol–water partition coefficient (Wildman–Crippen LogP) is 18.2. The van der Waals surface area contributed by atoms with Crippen LogP contribution in [0.1, 0.15) is 121 Å². The van der Waals surface area contributed by atoms with Gasteiger partial charge in [-0.1, -0.05) is 121 Å². The summed E-state index contributed by atoms with van der Waals surface area (Å²) in [6.45, 7) is 39.6. The normalized spacial score (nSPS) is 13.2. The molecule has 21 heteroatoms. The molecule has 0 spiro atoms. The first-order valence-electron chi connectivity index (χ1n) is 25.7. The lowest BCUT2D eigenvalue weighted by Crippen LogP contribution is -2.45. The average Bonchev–Trinajstić information content (AvgIpc) is 3.47. The van der Waals surface area contributed by atoms with Crippen molar-refractivity contribution < 1.29 is 33.8 Å². The highest BCUT2D eigenvalue weighted by molar-refractivity contribution is 9.11. The van der Waals surface area contributed by atoms with Gasteiger partial charge in [0.05, 0.1) is 41.3 Å². The van der Waals surface area contributed by atoms with Crippen molar-refractivity contribution in [3.8, 4) is 12.1 Å². The minimum absolute atomic E-state index is 0.0867. The zero-order valence-electron chi connectivity index (χ0n) is 47.7. The summed E-state index contributed by atoms with van der Waals surface area (Å²) in [6, 6.07) is 32.1. The third kappa shape index (κ3) is 24.6. The van der Waals surface area contributed by atoms with Crippen molar-refractivity contribution in [2.24, 2.45) is 11.1 Å². The Balaban J connectivity index is 0.000000354. The number of carboxylic acid groups (broad SMARTS) is 1. The van der Waals surface area contributed by atoms with E-state index in [1.807, 2.05) is 111 Å². The second-order valence-corrected chi connectivity index (χ2v) is 25.3. The number of aromatic carboxylic acids is 1. The molecule has 5 aromatic rings. The number of hydrogen-bond donors (Lipinski definition) is 2. The molecule has 7 rings (SSSR count). The van der Waals surface area contributed by atoms with Gasteiger partial charge in [0, 0.05) is 66.7 Å². The molecule has 2 saturated heterocycles. The molecule has 2 fully saturated rings. The molecule has 15 nitrogen and oxygen atoms in total. The number of likely N-dealkylation sites (tertiary alicyclic amines) is 2. The van der Waals surface area contributed by atoms with Crippen LogP contribution in [0.3, 0.4) is 0 Å². The molecule has 0 aromatic heterocycles. The summed E-state index contributed by atoms with van der Waals surface area (Å²) in [6.07, 6.45) is 2.68. The number of halogens is 6. The van der Waals surface area contributed by atoms with E-state index in [0.717, 1.165) is 63.9 Å². The van der Waals surface area contributed by atoms with Crippen LogP contribution in [0.4, 0.5) is 21.0 Å². The summed E-state index contributed by atoms with van der Waals surface area (Å²) in [5.74, 6) is -1.30. The molecule has 3 amide bonds. The molecule has 0 bridgehead atoms. The number of primary amides is 1. The quantitative estimate of drug-likeness (QED) is 0.127. The van der Waals surface area contributed by atoms with Gasteiger partial charge < -0.3 is 35.0 Å². The maximum atomic E-state index is 12.2. The fourth-order valence-corrected chi connectivity index (χ4v) is 10.6. The van der Waals surface area contributed by atoms with Gasteiger partial charge in [-0.15, -0.1) is 0 Å². The van der Waals surface area contributed by atoms with Crippen LogP contribution in [0.15, 0.2) is 113 Å². The van der Waals surface area contributed by atoms with Crippen LogP contribution >= 0.6 is 95.6 Å². The molecule has 83 heavy (non-hydrogen) atoms. The summed E-state index contributed by atoms with van der Waals surface area (Å²) in [5.41, 5.74) is 11.5. The number of nitrogens with zero attached hydrogens (tertiary/aromatic N) is 7. The zero-order chi connectivity index (χ0) is 62.8. The maximum Gasteiger partial charge on any atom is 0.410 e. The van der Waals surface area contributed by atoms with Gasteiger partial charge in [-0.05, 0) is 175 Å². The Labute approximate surface area is 539 Å². The smallest absolute Gasteiger partial charge is 0.410 e. The largest absolute Gasteiger partial charge is 0.478 e. The van der Waals surface area contributed by atoms with Crippen molar-refractivity contribution in [2.45, 2.75) is 117 Å². The number of benzene rings is 5. The number of ether oxygens (including phenoxy) is 2. The first-order chi connectivity index (χ1) is 38.9. The Bertz CT molecular complexity index is 3210. The van der Waals surface area contributed by atoms with Gasteiger partial charge in [-0.3, -0.25) is 4.79 Å². The van der Waals surface area contributed by atoms with E-state index in [-0.39, 0.29) is 18.2 Å². The Kier molecular flexibility index (Phi) is 31.0. The van der Waals surface area contributed by atoms with E-state index in [4.69, 9.17) is 45.3 Å². The van der Waals surface area contributed by atoms with Gasteiger partial charge in [0.15, 0.2) is 0 Å². The number of carbonyl (C=O) groups excluding carboxylic acids is 3. The molecule has 0 radical (unpaired) electrons. The van der Waals surface area contributed by atoms with E-state index in [2.05, 4.69) is 122 Å². The van der Waals surface area contributed by atoms with Gasteiger partial charge in [0.1, 0.15) is 17.3 Å². The lowest BCUT2D eigenvalue weighted by Gasteiger charge is -2.38. The Hall–Kier alpha value is -6.09. The van der Waals surface area contributed by atoms with Crippen molar-refractivity contribution >= 4 is 131 Å². The molecule has 2 aliphatic rings. The summed E-state index contributed by atoms with van der Waals surface area (Å²) in [5, 5.41) is 28.4. The number of nitrogens with two attached hydrogens (primary N) is 1. The first-order valence-corrected chi connectivity index (χ1v) is 30.8. The number of rotatable bonds is 5. The van der Waals surface area contributed by atoms with Crippen LogP contribution in [-0.2, 0) is 21.2 Å². The number of amides is 3. The number of hydrogen-bond acceptors (Lipinski definition) is 8. The number of nitriles is 2. The minimum atomic E-state index is -0.902. The molecule has 2 heterocycles. The fraction of sp³-hybridized carbons (Fsp3) is 0.371. The molecule has 438 valence electrons. The van der Waals surface area contributed by atoms with Crippen LogP contribution in [0.5, 0.6) is 0 Å². The second kappa shape index (κ2) is 35.3. The SMILES string of the molecule is CC(C)(C)OC(=O)N1CCC(C#N)(Cc2cccc(C#N)c2Br)CC1.Cc1cccc(C(=O)O)c1Br.Cc1cccc(C(N)=O)c1Br.[C-]#[N+]C1CCN(C(=O)OC(C)(C)C)CC1.[C-]#[N+]c1cccc(C)c1Br.[C-]#[N+]c1cccc(CBr)c1Br. The van der Waals surface area contributed by atoms with Crippen molar-refractivity contribution in [2.75, 3.05) is 26.2 Å². The molecule has 0 atom stereocenters. The summed E-state index contributed by atoms with van der Waals surface area (Å²) < 4.78 is 14.7. The Morgan fingerprint density at radius 1 is 0.639 bits per heavy atom. The van der Waals surface area contributed by atoms with E-state index >= 15 is 0 Å². The minimum Gasteiger partial charge on any atom is -0.478 e. The van der Waals surface area contributed by atoms with Crippen LogP contribution in [0, 0.1) is 68.6 Å². The third-order valence-electron chi connectivity index (χ3n) is 12.1. The van der Waals surface area contributed by atoms with Crippen LogP contribution in [0.25, 0.3) is 14.5 Å². The van der Waals surface area contributed by atoms with Crippen molar-refractivity contribution in [1.82, 2.24) is 9.80 Å². The van der Waals surface area contributed by atoms with Gasteiger partial charge >= 0.3 is 18.2 Å². The van der Waals surface area contributed by atoms with Gasteiger partial charge in [0.2, 0.25) is 23.3 Å². The average molecular weight is 1510 g/mol. The summed E-state index contributed by atoms with van der Waals surface area (Å²) in [4.78, 5) is 58.7. The first kappa shape index (κ1) is 73.0. The van der Waals surface area contributed by atoms with Gasteiger partial charge in [-0.25, -0.2) is 30.6 Å². The number of carbonyl (C=O) groups is 4. The standard InChI is InChI=1S/C19H22BrN3O2.C11H18N2O2.C8H5Br2N.C8H8BrNO.C8H6BrN.C8H7BrO2/c1-18(2,3)25-17(24)23-9-7-19(13-22,8-10-23)11-14-5-4-6-15(12-21)16(14)20;1-11(2,3)15-10(14)13-7-5-9(12-4)6-8-13;1-11-7-4-2-3-6(5-9)8(7)10;1-5-3-2-4-6(7(5)9)8(10)11;1-6-4-3-5-7(10-2)8(6)9;1-5-3-2-4-6(7(5)9)8(10)11/h4-6H,7-11H2,1-3H3;9H,5-8H2,1-3H3;2-4H,5H2;2-4H,1H3,(H2,10,11);3-5H,1H3;2-4H,1H3,(H,10,11). The van der Waals surface area contributed by atoms with Crippen LogP contribution in [-0.4, -0.2) is 82.4 Å². The lowest BCUT2D eigenvalue weighted by atomic mass is 9.75. The van der Waals surface area contributed by atoms with Gasteiger partial charge in [-0.2, -0.15) is 10.5 Å². The van der Waals surface area contributed by atoms with Gasteiger partial charge in [0.25, 0.3) is 0 Å². The van der Waals surface area contributed by atoms with Crippen molar-refractivity contribution in [3.63, 3.8) is 0 Å². The monoisotopic (exact) mass is 1510 g/mol. The highest BCUT2D eigenvalue weighted by Crippen LogP contribution is 2.38. The summed E-state index contributed by atoms with van der Waals surface area (Å²) >= 11 is 20.0. The highest BCUT2D eigenvalue weighted by atomic mass is 79.9. The number of aryl methyl sites for hydroxylation is 3. The molecule has 2 aliphatic heterocycles. The molecular formula is C62H66Br6N8O7. The molecule has 0 aliphatic carbocycles. The van der Waals surface area contributed by atoms with E-state index in [0.29, 0.717) is 78.0 Å². The number of piperidine rings is 2. The Morgan fingerprint density at radius 3 is 1.46 bits per heavy atom. The predicted molar refractivity (Wildman–Crippen MR) is 346 cm³/mol. The van der Waals surface area contributed by atoms with Crippen LogP contribution < -0.4 is 5.73 Å². The topological polar surface area (TPSA) is 200 Å². The molecule has 0 unspecified atom stereocenters. The molecule has 5 aromatic carbocycles. The van der Waals surface area contributed by atoms with E-state index in [1.165, 1.54) is 0 Å². The lowest BCUT2D eigenvalue weighted by molar-refractivity contribution is 0.0146. The van der Waals surface area contributed by atoms with Crippen molar-refractivity contribution in [1.29, 1.82) is 10.5 Å². The third-order valence-corrected chi connectivity index (χ3v) is 17.7.